The van der Waals surface area contributed by atoms with Gasteiger partial charge in [0.25, 0.3) is 0 Å². The molecule has 1 saturated heterocycles. The van der Waals surface area contributed by atoms with Crippen molar-refractivity contribution in [2.45, 2.75) is 25.9 Å². The maximum absolute atomic E-state index is 11.9. The van der Waals surface area contributed by atoms with Gasteiger partial charge in [-0.15, -0.1) is 0 Å². The minimum absolute atomic E-state index is 0.173. The third kappa shape index (κ3) is 5.30. The van der Waals surface area contributed by atoms with Crippen LogP contribution in [0.4, 0.5) is 0 Å². The smallest absolute Gasteiger partial charge is 0.309 e. The molecule has 2 unspecified atom stereocenters. The molecule has 2 heterocycles. The van der Waals surface area contributed by atoms with Gasteiger partial charge in [-0.25, -0.2) is 0 Å². The Morgan fingerprint density at radius 1 is 1.30 bits per heavy atom. The molecule has 7 heteroatoms. The van der Waals surface area contributed by atoms with Crippen LogP contribution < -0.4 is 10.6 Å². The van der Waals surface area contributed by atoms with E-state index >= 15 is 0 Å². The SMILES string of the molecule is CC(NC(=O)C(=O)NCC(C)N1CCOCC1)c1cccnc1. The number of aromatic nitrogens is 1. The molecule has 1 aliphatic rings. The number of carbonyl (C=O) groups is 2. The molecular formula is C16H24N4O3. The fourth-order valence-corrected chi connectivity index (χ4v) is 2.45. The Labute approximate surface area is 136 Å². The number of rotatable bonds is 5. The van der Waals surface area contributed by atoms with Crippen LogP contribution in [0.15, 0.2) is 24.5 Å². The molecule has 23 heavy (non-hydrogen) atoms. The predicted molar refractivity (Wildman–Crippen MR) is 85.7 cm³/mol. The Morgan fingerprint density at radius 2 is 2.04 bits per heavy atom. The van der Waals surface area contributed by atoms with Crippen LogP contribution in [-0.2, 0) is 14.3 Å². The standard InChI is InChI=1S/C16H24N4O3/c1-12(20-6-8-23-9-7-20)10-18-15(21)16(22)19-13(2)14-4-3-5-17-11-14/h3-5,11-13H,6-10H2,1-2H3,(H,18,21)(H,19,22). The molecule has 2 amide bonds. The van der Waals surface area contributed by atoms with E-state index in [-0.39, 0.29) is 12.1 Å². The van der Waals surface area contributed by atoms with E-state index in [1.807, 2.05) is 19.9 Å². The maximum atomic E-state index is 11.9. The number of pyridine rings is 1. The molecule has 0 radical (unpaired) electrons. The third-order valence-electron chi connectivity index (χ3n) is 3.97. The quantitative estimate of drug-likeness (QED) is 0.752. The van der Waals surface area contributed by atoms with Gasteiger partial charge in [0.1, 0.15) is 0 Å². The van der Waals surface area contributed by atoms with Gasteiger partial charge in [0.05, 0.1) is 19.3 Å². The summed E-state index contributed by atoms with van der Waals surface area (Å²) in [7, 11) is 0. The van der Waals surface area contributed by atoms with E-state index in [9.17, 15) is 9.59 Å². The molecule has 7 nitrogen and oxygen atoms in total. The van der Waals surface area contributed by atoms with E-state index in [1.165, 1.54) is 0 Å². The van der Waals surface area contributed by atoms with Gasteiger partial charge >= 0.3 is 11.8 Å². The van der Waals surface area contributed by atoms with Crippen LogP contribution in [0.25, 0.3) is 0 Å². The molecule has 1 aromatic rings. The normalized spacial score (nSPS) is 18.0. The van der Waals surface area contributed by atoms with E-state index in [2.05, 4.69) is 20.5 Å². The number of amides is 2. The summed E-state index contributed by atoms with van der Waals surface area (Å²) in [6.45, 7) is 7.40. The second-order valence-electron chi connectivity index (χ2n) is 5.69. The fourth-order valence-electron chi connectivity index (χ4n) is 2.45. The van der Waals surface area contributed by atoms with Crippen LogP contribution in [0.3, 0.4) is 0 Å². The fraction of sp³-hybridized carbons (Fsp3) is 0.562. The van der Waals surface area contributed by atoms with Crippen LogP contribution in [0.2, 0.25) is 0 Å². The van der Waals surface area contributed by atoms with E-state index in [0.29, 0.717) is 19.8 Å². The van der Waals surface area contributed by atoms with Gasteiger partial charge in [0.15, 0.2) is 0 Å². The van der Waals surface area contributed by atoms with Crippen LogP contribution >= 0.6 is 0 Å². The Kier molecular flexibility index (Phi) is 6.49. The van der Waals surface area contributed by atoms with Crippen molar-refractivity contribution in [1.82, 2.24) is 20.5 Å². The Hall–Kier alpha value is -1.99. The summed E-state index contributed by atoms with van der Waals surface area (Å²) in [5.74, 6) is -1.24. The average molecular weight is 320 g/mol. The van der Waals surface area contributed by atoms with Crippen LogP contribution in [0.5, 0.6) is 0 Å². The maximum Gasteiger partial charge on any atom is 0.309 e. The molecule has 1 aromatic heterocycles. The minimum atomic E-state index is -0.629. The highest BCUT2D eigenvalue weighted by atomic mass is 16.5. The van der Waals surface area contributed by atoms with Crippen molar-refractivity contribution in [3.63, 3.8) is 0 Å². The zero-order valence-corrected chi connectivity index (χ0v) is 13.6. The highest BCUT2D eigenvalue weighted by molar-refractivity contribution is 6.35. The second-order valence-corrected chi connectivity index (χ2v) is 5.69. The molecule has 0 spiro atoms. The lowest BCUT2D eigenvalue weighted by Crippen LogP contribution is -2.49. The van der Waals surface area contributed by atoms with Crippen molar-refractivity contribution in [3.05, 3.63) is 30.1 Å². The third-order valence-corrected chi connectivity index (χ3v) is 3.97. The zero-order chi connectivity index (χ0) is 16.7. The summed E-state index contributed by atoms with van der Waals surface area (Å²) >= 11 is 0. The zero-order valence-electron chi connectivity index (χ0n) is 13.6. The number of ether oxygens (including phenoxy) is 1. The number of hydrogen-bond donors (Lipinski definition) is 2. The molecule has 0 saturated carbocycles. The van der Waals surface area contributed by atoms with Gasteiger partial charge in [0.2, 0.25) is 0 Å². The summed E-state index contributed by atoms with van der Waals surface area (Å²) in [5.41, 5.74) is 0.857. The summed E-state index contributed by atoms with van der Waals surface area (Å²) in [4.78, 5) is 30.1. The number of carbonyl (C=O) groups excluding carboxylic acids is 2. The average Bonchev–Trinajstić information content (AvgIpc) is 2.60. The number of nitrogens with zero attached hydrogens (tertiary/aromatic N) is 2. The van der Waals surface area contributed by atoms with Gasteiger partial charge in [0, 0.05) is 38.1 Å². The first kappa shape index (κ1) is 17.4. The lowest BCUT2D eigenvalue weighted by Gasteiger charge is -2.32. The van der Waals surface area contributed by atoms with Gasteiger partial charge in [-0.2, -0.15) is 0 Å². The van der Waals surface area contributed by atoms with Crippen molar-refractivity contribution in [2.24, 2.45) is 0 Å². The van der Waals surface area contributed by atoms with Crippen LogP contribution in [0.1, 0.15) is 25.5 Å². The molecule has 0 bridgehead atoms. The number of nitrogens with one attached hydrogen (secondary N) is 2. The first-order valence-corrected chi connectivity index (χ1v) is 7.88. The van der Waals surface area contributed by atoms with Gasteiger partial charge in [-0.05, 0) is 25.5 Å². The topological polar surface area (TPSA) is 83.6 Å². The molecular weight excluding hydrogens is 296 g/mol. The van der Waals surface area contributed by atoms with Crippen LogP contribution in [-0.4, -0.2) is 60.6 Å². The van der Waals surface area contributed by atoms with E-state index in [4.69, 9.17) is 4.74 Å². The van der Waals surface area contributed by atoms with Crippen molar-refractivity contribution in [1.29, 1.82) is 0 Å². The van der Waals surface area contributed by atoms with Crippen molar-refractivity contribution in [3.8, 4) is 0 Å². The molecule has 1 fully saturated rings. The highest BCUT2D eigenvalue weighted by Gasteiger charge is 2.20. The molecule has 2 N–H and O–H groups in total. The summed E-state index contributed by atoms with van der Waals surface area (Å²) < 4.78 is 5.30. The summed E-state index contributed by atoms with van der Waals surface area (Å²) in [6, 6.07) is 3.56. The summed E-state index contributed by atoms with van der Waals surface area (Å²) in [5, 5.41) is 5.36. The molecule has 0 aromatic carbocycles. The molecule has 1 aliphatic heterocycles. The lowest BCUT2D eigenvalue weighted by molar-refractivity contribution is -0.139. The molecule has 2 atom stereocenters. The second kappa shape index (κ2) is 8.59. The molecule has 126 valence electrons. The molecule has 0 aliphatic carbocycles. The number of morpholine rings is 1. The van der Waals surface area contributed by atoms with E-state index in [1.54, 1.807) is 18.5 Å². The Morgan fingerprint density at radius 3 is 2.70 bits per heavy atom. The predicted octanol–water partition coefficient (Wildman–Crippen LogP) is 0.0957. The van der Waals surface area contributed by atoms with Crippen LogP contribution in [0, 0.1) is 0 Å². The Balaban J connectivity index is 1.75. The largest absolute Gasteiger partial charge is 0.379 e. The van der Waals surface area contributed by atoms with Crippen molar-refractivity contribution >= 4 is 11.8 Å². The minimum Gasteiger partial charge on any atom is -0.379 e. The summed E-state index contributed by atoms with van der Waals surface area (Å²) in [6.07, 6.45) is 3.33. The van der Waals surface area contributed by atoms with E-state index < -0.39 is 11.8 Å². The molecule has 2 rings (SSSR count). The monoisotopic (exact) mass is 320 g/mol. The lowest BCUT2D eigenvalue weighted by atomic mass is 10.1. The first-order chi connectivity index (χ1) is 11.1. The Bertz CT molecular complexity index is 517. The van der Waals surface area contributed by atoms with Gasteiger partial charge in [-0.3, -0.25) is 19.5 Å². The van der Waals surface area contributed by atoms with Gasteiger partial charge < -0.3 is 15.4 Å². The van der Waals surface area contributed by atoms with Gasteiger partial charge in [-0.1, -0.05) is 6.07 Å². The highest BCUT2D eigenvalue weighted by Crippen LogP contribution is 2.09. The number of hydrogen-bond acceptors (Lipinski definition) is 5. The van der Waals surface area contributed by atoms with Crippen molar-refractivity contribution in [2.75, 3.05) is 32.8 Å². The van der Waals surface area contributed by atoms with Crippen molar-refractivity contribution < 1.29 is 14.3 Å². The van der Waals surface area contributed by atoms with E-state index in [0.717, 1.165) is 18.7 Å². The first-order valence-electron chi connectivity index (χ1n) is 7.88.